The third-order valence-electron chi connectivity index (χ3n) is 3.43. The highest BCUT2D eigenvalue weighted by atomic mass is 16.5. The van der Waals surface area contributed by atoms with E-state index in [0.29, 0.717) is 31.0 Å². The topological polar surface area (TPSA) is 64.1 Å². The number of carbonyl (C=O) groups is 1. The van der Waals surface area contributed by atoms with E-state index in [4.69, 9.17) is 4.74 Å². The van der Waals surface area contributed by atoms with Gasteiger partial charge in [0.15, 0.2) is 5.78 Å². The Labute approximate surface area is 99.6 Å². The fraction of sp³-hybridized carbons (Fsp3) is 0.583. The Morgan fingerprint density at radius 3 is 2.71 bits per heavy atom. The lowest BCUT2D eigenvalue weighted by Gasteiger charge is -2.39. The molecule has 2 aliphatic heterocycles. The fourth-order valence-electron chi connectivity index (χ4n) is 2.69. The molecule has 3 rings (SSSR count). The van der Waals surface area contributed by atoms with E-state index in [1.165, 1.54) is 0 Å². The molecule has 17 heavy (non-hydrogen) atoms. The Bertz CT molecular complexity index is 397. The molecule has 1 aromatic rings. The number of nitrogens with one attached hydrogen (secondary N) is 1. The maximum atomic E-state index is 12.3. The summed E-state index contributed by atoms with van der Waals surface area (Å²) in [5.41, 5.74) is 0.485. The Hall–Kier alpha value is -1.33. The van der Waals surface area contributed by atoms with E-state index in [-0.39, 0.29) is 11.7 Å². The Morgan fingerprint density at radius 1 is 1.29 bits per heavy atom. The van der Waals surface area contributed by atoms with Crippen LogP contribution in [0.2, 0.25) is 0 Å². The predicted octanol–water partition coefficient (Wildman–Crippen LogP) is 0.426. The summed E-state index contributed by atoms with van der Waals surface area (Å²) >= 11 is 0. The van der Waals surface area contributed by atoms with Gasteiger partial charge in [0.2, 0.25) is 0 Å². The molecule has 0 radical (unpaired) electrons. The highest BCUT2D eigenvalue weighted by Gasteiger charge is 2.35. The van der Waals surface area contributed by atoms with Crippen LogP contribution in [0.4, 0.5) is 0 Å². The molecule has 2 fully saturated rings. The second kappa shape index (κ2) is 4.50. The standard InChI is InChI=1S/C12H15N3O2/c16-12(11-5-13-1-2-14-11)8-3-9-6-17-7-10(4-8)15-9/h1-2,5,8-10,15H,3-4,6-7H2. The SMILES string of the molecule is O=C(c1cnccn1)C1CC2COCC(C1)N2. The third kappa shape index (κ3) is 2.21. The number of nitrogens with zero attached hydrogens (tertiary/aromatic N) is 2. The molecular formula is C12H15N3O2. The first-order valence-corrected chi connectivity index (χ1v) is 5.97. The van der Waals surface area contributed by atoms with Crippen molar-refractivity contribution in [2.75, 3.05) is 13.2 Å². The first-order chi connectivity index (χ1) is 8.33. The van der Waals surface area contributed by atoms with E-state index in [1.807, 2.05) is 0 Å². The van der Waals surface area contributed by atoms with Gasteiger partial charge in [0.05, 0.1) is 19.4 Å². The van der Waals surface area contributed by atoms with Crippen LogP contribution < -0.4 is 5.32 Å². The lowest BCUT2D eigenvalue weighted by molar-refractivity contribution is 0.00942. The zero-order valence-electron chi connectivity index (χ0n) is 9.50. The van der Waals surface area contributed by atoms with Crippen molar-refractivity contribution < 1.29 is 9.53 Å². The summed E-state index contributed by atoms with van der Waals surface area (Å²) in [7, 11) is 0. The zero-order valence-corrected chi connectivity index (χ0v) is 9.50. The van der Waals surface area contributed by atoms with E-state index in [2.05, 4.69) is 15.3 Å². The summed E-state index contributed by atoms with van der Waals surface area (Å²) in [6, 6.07) is 0.626. The minimum Gasteiger partial charge on any atom is -0.378 e. The molecule has 2 unspecified atom stereocenters. The Kier molecular flexibility index (Phi) is 2.86. The molecule has 1 N–H and O–H groups in total. The quantitative estimate of drug-likeness (QED) is 0.750. The van der Waals surface area contributed by atoms with Crippen molar-refractivity contribution in [2.24, 2.45) is 5.92 Å². The molecule has 2 saturated heterocycles. The van der Waals surface area contributed by atoms with Crippen LogP contribution in [-0.2, 0) is 4.74 Å². The van der Waals surface area contributed by atoms with Crippen LogP contribution in [-0.4, -0.2) is 41.0 Å². The largest absolute Gasteiger partial charge is 0.378 e. The second-order valence-corrected chi connectivity index (χ2v) is 4.72. The summed E-state index contributed by atoms with van der Waals surface area (Å²) in [5, 5.41) is 3.48. The number of ether oxygens (including phenoxy) is 1. The first-order valence-electron chi connectivity index (χ1n) is 5.97. The van der Waals surface area contributed by atoms with Crippen LogP contribution in [0.1, 0.15) is 23.3 Å². The van der Waals surface area contributed by atoms with E-state index >= 15 is 0 Å². The summed E-state index contributed by atoms with van der Waals surface area (Å²) in [5.74, 6) is 0.184. The highest BCUT2D eigenvalue weighted by Crippen LogP contribution is 2.26. The minimum atomic E-state index is 0.0619. The number of hydrogen-bond donors (Lipinski definition) is 1. The molecule has 5 heteroatoms. The molecule has 0 amide bonds. The number of morpholine rings is 1. The van der Waals surface area contributed by atoms with Crippen molar-refractivity contribution in [2.45, 2.75) is 24.9 Å². The van der Waals surface area contributed by atoms with Crippen LogP contribution in [0, 0.1) is 5.92 Å². The molecular weight excluding hydrogens is 218 g/mol. The summed E-state index contributed by atoms with van der Waals surface area (Å²) in [6.45, 7) is 1.42. The molecule has 2 atom stereocenters. The molecule has 1 aromatic heterocycles. The van der Waals surface area contributed by atoms with Gasteiger partial charge in [-0.15, -0.1) is 0 Å². The minimum absolute atomic E-state index is 0.0619. The molecule has 90 valence electrons. The van der Waals surface area contributed by atoms with Gasteiger partial charge in [-0.1, -0.05) is 0 Å². The average Bonchev–Trinajstić information content (AvgIpc) is 2.38. The van der Waals surface area contributed by atoms with Gasteiger partial charge < -0.3 is 10.1 Å². The highest BCUT2D eigenvalue weighted by molar-refractivity contribution is 5.95. The Morgan fingerprint density at radius 2 is 2.06 bits per heavy atom. The van der Waals surface area contributed by atoms with E-state index in [9.17, 15) is 4.79 Å². The van der Waals surface area contributed by atoms with Gasteiger partial charge in [0.25, 0.3) is 0 Å². The van der Waals surface area contributed by atoms with Gasteiger partial charge in [-0.05, 0) is 12.8 Å². The lowest BCUT2D eigenvalue weighted by atomic mass is 9.83. The molecule has 2 bridgehead atoms. The maximum absolute atomic E-state index is 12.3. The number of aromatic nitrogens is 2. The summed E-state index contributed by atoms with van der Waals surface area (Å²) in [6.07, 6.45) is 6.38. The van der Waals surface area contributed by atoms with E-state index in [1.54, 1.807) is 18.6 Å². The van der Waals surface area contributed by atoms with Crippen LogP contribution in [0.15, 0.2) is 18.6 Å². The van der Waals surface area contributed by atoms with Gasteiger partial charge >= 0.3 is 0 Å². The molecule has 0 aromatic carbocycles. The number of carbonyl (C=O) groups excluding carboxylic acids is 1. The fourth-order valence-corrected chi connectivity index (χ4v) is 2.69. The van der Waals surface area contributed by atoms with E-state index < -0.39 is 0 Å². The molecule has 0 aliphatic carbocycles. The van der Waals surface area contributed by atoms with E-state index in [0.717, 1.165) is 12.8 Å². The molecule has 3 heterocycles. The maximum Gasteiger partial charge on any atom is 0.185 e. The zero-order chi connectivity index (χ0) is 11.7. The third-order valence-corrected chi connectivity index (χ3v) is 3.43. The summed E-state index contributed by atoms with van der Waals surface area (Å²) in [4.78, 5) is 20.3. The van der Waals surface area contributed by atoms with Crippen molar-refractivity contribution in [3.8, 4) is 0 Å². The van der Waals surface area contributed by atoms with Crippen molar-refractivity contribution in [3.63, 3.8) is 0 Å². The van der Waals surface area contributed by atoms with Gasteiger partial charge in [-0.3, -0.25) is 9.78 Å². The number of ketones is 1. The number of hydrogen-bond acceptors (Lipinski definition) is 5. The van der Waals surface area contributed by atoms with Gasteiger partial charge in [0.1, 0.15) is 5.69 Å². The monoisotopic (exact) mass is 233 g/mol. The lowest BCUT2D eigenvalue weighted by Crippen LogP contribution is -2.55. The molecule has 0 saturated carbocycles. The van der Waals surface area contributed by atoms with Crippen LogP contribution in [0.5, 0.6) is 0 Å². The van der Waals surface area contributed by atoms with Crippen LogP contribution in [0.3, 0.4) is 0 Å². The van der Waals surface area contributed by atoms with Gasteiger partial charge in [-0.2, -0.15) is 0 Å². The van der Waals surface area contributed by atoms with Crippen molar-refractivity contribution in [1.82, 2.24) is 15.3 Å². The second-order valence-electron chi connectivity index (χ2n) is 4.72. The molecule has 5 nitrogen and oxygen atoms in total. The summed E-state index contributed by atoms with van der Waals surface area (Å²) < 4.78 is 5.47. The van der Waals surface area contributed by atoms with Crippen LogP contribution in [0.25, 0.3) is 0 Å². The molecule has 2 aliphatic rings. The molecule has 0 spiro atoms. The average molecular weight is 233 g/mol. The number of Topliss-reactive ketones (excluding diaryl/α,β-unsaturated/α-hetero) is 1. The number of rotatable bonds is 2. The van der Waals surface area contributed by atoms with Gasteiger partial charge in [-0.25, -0.2) is 4.98 Å². The predicted molar refractivity (Wildman–Crippen MR) is 60.6 cm³/mol. The van der Waals surface area contributed by atoms with Gasteiger partial charge in [0, 0.05) is 30.4 Å². The first kappa shape index (κ1) is 10.8. The normalized spacial score (nSPS) is 32.1. The van der Waals surface area contributed by atoms with Crippen LogP contribution >= 0.6 is 0 Å². The smallest absolute Gasteiger partial charge is 0.185 e. The Balaban J connectivity index is 1.74. The van der Waals surface area contributed by atoms with Crippen molar-refractivity contribution >= 4 is 5.78 Å². The van der Waals surface area contributed by atoms with Crippen molar-refractivity contribution in [3.05, 3.63) is 24.3 Å². The van der Waals surface area contributed by atoms with Crippen molar-refractivity contribution in [1.29, 1.82) is 0 Å². The number of fused-ring (bicyclic) bond motifs is 2. The number of piperidine rings is 1.